The van der Waals surface area contributed by atoms with Crippen LogP contribution in [0.4, 0.5) is 0 Å². The Balaban J connectivity index is 0. The van der Waals surface area contributed by atoms with Crippen LogP contribution in [0.25, 0.3) is 0 Å². The van der Waals surface area contributed by atoms with Crippen LogP contribution >= 0.6 is 25.8 Å². The fourth-order valence-corrected chi connectivity index (χ4v) is 1.24. The summed E-state index contributed by atoms with van der Waals surface area (Å²) in [5.41, 5.74) is 0. The van der Waals surface area contributed by atoms with Gasteiger partial charge in [0, 0.05) is 0 Å². The Kier molecular flexibility index (Phi) is 17.6. The third-order valence-corrected chi connectivity index (χ3v) is 1.99. The second-order valence-electron chi connectivity index (χ2n) is 2.76. The number of hydrogen-bond donors (Lipinski definition) is 7. The molecular formula is C9H17O9P3. The predicted molar refractivity (Wildman–Crippen MR) is 79.5 cm³/mol. The third kappa shape index (κ3) is 25.1. The molecule has 0 bridgehead atoms. The van der Waals surface area contributed by atoms with Crippen molar-refractivity contribution in [2.75, 3.05) is 6.61 Å². The SMILES string of the molecule is C=CCOP(O)O.OP(O)O.OP(O)Oc1ccccc1. The summed E-state index contributed by atoms with van der Waals surface area (Å²) in [4.78, 5) is 54.6. The standard InChI is InChI=1S/C6H7O3P.C3H7O3P.H3O3P/c7-10(8)9-6-4-2-1-3-5-6;1-2-3-6-7(4)5;1-4(2)3/h1-5,7-8H;2,4-5H,1,3H2;1-3H. The molecule has 0 aromatic heterocycles. The summed E-state index contributed by atoms with van der Waals surface area (Å²) in [6.45, 7) is 3.49. The largest absolute Gasteiger partial charge is 0.427 e. The van der Waals surface area contributed by atoms with Gasteiger partial charge in [-0.05, 0) is 12.1 Å². The Morgan fingerprint density at radius 1 is 0.905 bits per heavy atom. The highest BCUT2D eigenvalue weighted by atomic mass is 31.2. The number of rotatable bonds is 5. The summed E-state index contributed by atoms with van der Waals surface area (Å²) in [7, 11) is -7.07. The van der Waals surface area contributed by atoms with Gasteiger partial charge in [0.15, 0.2) is 0 Å². The zero-order valence-electron chi connectivity index (χ0n) is 10.7. The van der Waals surface area contributed by atoms with Gasteiger partial charge in [-0.15, -0.1) is 6.58 Å². The molecular weight excluding hydrogens is 345 g/mol. The van der Waals surface area contributed by atoms with Crippen molar-refractivity contribution in [2.24, 2.45) is 0 Å². The quantitative estimate of drug-likeness (QED) is 0.298. The second kappa shape index (κ2) is 16.1. The average molecular weight is 362 g/mol. The lowest BCUT2D eigenvalue weighted by molar-refractivity contribution is 0.282. The topological polar surface area (TPSA) is 160 Å². The molecule has 0 saturated heterocycles. The molecule has 0 amide bonds. The van der Waals surface area contributed by atoms with Gasteiger partial charge in [0.05, 0.1) is 6.61 Å². The van der Waals surface area contributed by atoms with Crippen molar-refractivity contribution in [3.8, 4) is 5.75 Å². The monoisotopic (exact) mass is 362 g/mol. The molecule has 0 spiro atoms. The van der Waals surface area contributed by atoms with Gasteiger partial charge in [-0.25, -0.2) is 0 Å². The smallest absolute Gasteiger partial charge is 0.391 e. The van der Waals surface area contributed by atoms with E-state index < -0.39 is 25.8 Å². The lowest BCUT2D eigenvalue weighted by atomic mass is 10.3. The van der Waals surface area contributed by atoms with Crippen LogP contribution in [0.3, 0.4) is 0 Å². The van der Waals surface area contributed by atoms with Gasteiger partial charge < -0.3 is 43.3 Å². The molecule has 21 heavy (non-hydrogen) atoms. The lowest BCUT2D eigenvalue weighted by Gasteiger charge is -2.02. The van der Waals surface area contributed by atoms with Gasteiger partial charge in [0.1, 0.15) is 5.75 Å². The van der Waals surface area contributed by atoms with E-state index in [0.29, 0.717) is 5.75 Å². The molecule has 0 heterocycles. The number of hydrogen-bond acceptors (Lipinski definition) is 9. The summed E-state index contributed by atoms with van der Waals surface area (Å²) in [5.74, 6) is 0.471. The van der Waals surface area contributed by atoms with Crippen molar-refractivity contribution in [2.45, 2.75) is 0 Å². The molecule has 12 heteroatoms. The van der Waals surface area contributed by atoms with E-state index in [1.165, 1.54) is 6.08 Å². The minimum absolute atomic E-state index is 0.193. The van der Waals surface area contributed by atoms with E-state index in [-0.39, 0.29) is 6.61 Å². The number of para-hydroxylation sites is 1. The van der Waals surface area contributed by atoms with E-state index in [0.717, 1.165) is 0 Å². The first-order chi connectivity index (χ1) is 9.79. The zero-order chi connectivity index (χ0) is 16.7. The predicted octanol–water partition coefficient (Wildman–Crippen LogP) is 0.868. The van der Waals surface area contributed by atoms with Crippen LogP contribution < -0.4 is 4.52 Å². The van der Waals surface area contributed by atoms with Crippen LogP contribution in [0, 0.1) is 0 Å². The molecule has 1 aromatic carbocycles. The molecule has 0 atom stereocenters. The second-order valence-corrected chi connectivity index (χ2v) is 4.75. The molecule has 0 saturated carbocycles. The Hall–Kier alpha value is -0.270. The van der Waals surface area contributed by atoms with Crippen molar-refractivity contribution in [3.05, 3.63) is 43.0 Å². The highest BCUT2D eigenvalue weighted by Gasteiger charge is 1.99. The van der Waals surface area contributed by atoms with E-state index >= 15 is 0 Å². The molecule has 0 fully saturated rings. The summed E-state index contributed by atoms with van der Waals surface area (Å²) < 4.78 is 8.84. The highest BCUT2D eigenvalue weighted by molar-refractivity contribution is 7.40. The normalized spacial score (nSPS) is 9.62. The van der Waals surface area contributed by atoms with Crippen LogP contribution in [-0.2, 0) is 4.52 Å². The Labute approximate surface area is 125 Å². The number of benzene rings is 1. The molecule has 1 rings (SSSR count). The van der Waals surface area contributed by atoms with Crippen molar-refractivity contribution < 1.29 is 43.3 Å². The summed E-state index contributed by atoms with van der Waals surface area (Å²) in [6, 6.07) is 8.65. The maximum absolute atomic E-state index is 8.40. The Morgan fingerprint density at radius 3 is 1.67 bits per heavy atom. The average Bonchev–Trinajstić information content (AvgIpc) is 2.37. The van der Waals surface area contributed by atoms with Crippen LogP contribution in [0.15, 0.2) is 43.0 Å². The fraction of sp³-hybridized carbons (Fsp3) is 0.111. The van der Waals surface area contributed by atoms with Crippen LogP contribution in [0.5, 0.6) is 5.75 Å². The molecule has 122 valence electrons. The molecule has 7 N–H and O–H groups in total. The minimum Gasteiger partial charge on any atom is -0.427 e. The van der Waals surface area contributed by atoms with E-state index in [4.69, 9.17) is 34.3 Å². The molecule has 0 aliphatic carbocycles. The van der Waals surface area contributed by atoms with Crippen LogP contribution in [0.2, 0.25) is 0 Å². The molecule has 0 aliphatic heterocycles. The first-order valence-electron chi connectivity index (χ1n) is 4.99. The molecule has 1 aromatic rings. The van der Waals surface area contributed by atoms with Crippen molar-refractivity contribution in [1.29, 1.82) is 0 Å². The maximum atomic E-state index is 8.40. The summed E-state index contributed by atoms with van der Waals surface area (Å²) >= 11 is 0. The van der Waals surface area contributed by atoms with Crippen molar-refractivity contribution >= 4 is 25.8 Å². The Morgan fingerprint density at radius 2 is 1.38 bits per heavy atom. The van der Waals surface area contributed by atoms with Gasteiger partial charge in [0.25, 0.3) is 0 Å². The van der Waals surface area contributed by atoms with Crippen LogP contribution in [0.1, 0.15) is 0 Å². The minimum atomic E-state index is -2.62. The first-order valence-corrected chi connectivity index (χ1v) is 8.52. The van der Waals surface area contributed by atoms with E-state index in [9.17, 15) is 0 Å². The van der Waals surface area contributed by atoms with Gasteiger partial charge in [0.2, 0.25) is 0 Å². The lowest BCUT2D eigenvalue weighted by Crippen LogP contribution is -1.82. The van der Waals surface area contributed by atoms with Gasteiger partial charge in [-0.3, -0.25) is 0 Å². The molecule has 0 aliphatic rings. The van der Waals surface area contributed by atoms with Gasteiger partial charge >= 0.3 is 25.8 Å². The highest BCUT2D eigenvalue weighted by Crippen LogP contribution is 2.27. The van der Waals surface area contributed by atoms with E-state index in [1.807, 2.05) is 6.07 Å². The van der Waals surface area contributed by atoms with E-state index in [2.05, 4.69) is 15.6 Å². The molecule has 9 nitrogen and oxygen atoms in total. The zero-order valence-corrected chi connectivity index (χ0v) is 13.4. The van der Waals surface area contributed by atoms with E-state index in [1.54, 1.807) is 24.3 Å². The Bertz CT molecular complexity index is 334. The first kappa shape index (κ1) is 23.0. The summed E-state index contributed by atoms with van der Waals surface area (Å²) in [5, 5.41) is 0. The van der Waals surface area contributed by atoms with Gasteiger partial charge in [-0.1, -0.05) is 24.3 Å². The van der Waals surface area contributed by atoms with Gasteiger partial charge in [-0.2, -0.15) is 0 Å². The fourth-order valence-electron chi connectivity index (χ4n) is 0.695. The maximum Gasteiger partial charge on any atom is 0.391 e. The molecule has 0 unspecified atom stereocenters. The molecule has 0 radical (unpaired) electrons. The van der Waals surface area contributed by atoms with Crippen LogP contribution in [-0.4, -0.2) is 40.9 Å². The third-order valence-electron chi connectivity index (χ3n) is 1.24. The van der Waals surface area contributed by atoms with Crippen molar-refractivity contribution in [1.82, 2.24) is 0 Å². The van der Waals surface area contributed by atoms with Crippen molar-refractivity contribution in [3.63, 3.8) is 0 Å². The summed E-state index contributed by atoms with van der Waals surface area (Å²) in [6.07, 6.45) is 1.45.